The van der Waals surface area contributed by atoms with Crippen molar-refractivity contribution in [2.24, 2.45) is 5.92 Å². The Bertz CT molecular complexity index is 416. The van der Waals surface area contributed by atoms with Gasteiger partial charge in [0.15, 0.2) is 0 Å². The van der Waals surface area contributed by atoms with Gasteiger partial charge in [0.1, 0.15) is 5.82 Å². The standard InChI is InChI=1S/C13H21BrN4O/c1-3-5-15-13-16-7-11(14)12(17-13)18-6-4-10(8-18)9-19-2/h7,10H,3-6,8-9H2,1-2H3,(H,15,16,17). The number of aromatic nitrogens is 2. The summed E-state index contributed by atoms with van der Waals surface area (Å²) in [7, 11) is 1.76. The van der Waals surface area contributed by atoms with Crippen LogP contribution in [0, 0.1) is 5.92 Å². The lowest BCUT2D eigenvalue weighted by Crippen LogP contribution is -2.23. The molecule has 0 bridgehead atoms. The molecule has 6 heteroatoms. The molecule has 1 aliphatic rings. The Morgan fingerprint density at radius 1 is 1.58 bits per heavy atom. The van der Waals surface area contributed by atoms with Crippen LogP contribution >= 0.6 is 15.9 Å². The van der Waals surface area contributed by atoms with E-state index in [2.05, 4.69) is 43.0 Å². The minimum Gasteiger partial charge on any atom is -0.384 e. The Morgan fingerprint density at radius 2 is 2.42 bits per heavy atom. The molecular formula is C13H21BrN4O. The summed E-state index contributed by atoms with van der Waals surface area (Å²) in [5.41, 5.74) is 0. The van der Waals surface area contributed by atoms with Gasteiger partial charge in [0.2, 0.25) is 5.95 Å². The Labute approximate surface area is 122 Å². The average molecular weight is 329 g/mol. The molecule has 0 aromatic carbocycles. The minimum absolute atomic E-state index is 0.596. The SMILES string of the molecule is CCCNc1ncc(Br)c(N2CCC(COC)C2)n1. The summed E-state index contributed by atoms with van der Waals surface area (Å²) in [4.78, 5) is 11.2. The predicted molar refractivity (Wildman–Crippen MR) is 80.7 cm³/mol. The van der Waals surface area contributed by atoms with Crippen LogP contribution in [0.2, 0.25) is 0 Å². The number of rotatable bonds is 6. The number of nitrogens with zero attached hydrogens (tertiary/aromatic N) is 3. The van der Waals surface area contributed by atoms with Crippen LogP contribution in [0.15, 0.2) is 10.7 Å². The van der Waals surface area contributed by atoms with Gasteiger partial charge in [-0.2, -0.15) is 4.98 Å². The number of nitrogens with one attached hydrogen (secondary N) is 1. The normalized spacial score (nSPS) is 18.9. The van der Waals surface area contributed by atoms with E-state index in [1.54, 1.807) is 7.11 Å². The van der Waals surface area contributed by atoms with Gasteiger partial charge in [0, 0.05) is 38.9 Å². The van der Waals surface area contributed by atoms with E-state index < -0.39 is 0 Å². The highest BCUT2D eigenvalue weighted by molar-refractivity contribution is 9.10. The maximum atomic E-state index is 5.23. The molecule has 19 heavy (non-hydrogen) atoms. The van der Waals surface area contributed by atoms with Crippen LogP contribution in [-0.4, -0.2) is 43.3 Å². The van der Waals surface area contributed by atoms with Crippen LogP contribution in [0.5, 0.6) is 0 Å². The van der Waals surface area contributed by atoms with Gasteiger partial charge < -0.3 is 15.0 Å². The number of methoxy groups -OCH3 is 1. The third-order valence-electron chi connectivity index (χ3n) is 3.25. The van der Waals surface area contributed by atoms with Crippen LogP contribution in [0.1, 0.15) is 19.8 Å². The zero-order chi connectivity index (χ0) is 13.7. The first kappa shape index (κ1) is 14.5. The number of hydrogen-bond donors (Lipinski definition) is 1. The Hall–Kier alpha value is -0.880. The first-order chi connectivity index (χ1) is 9.24. The van der Waals surface area contributed by atoms with Crippen LogP contribution < -0.4 is 10.2 Å². The van der Waals surface area contributed by atoms with Crippen LogP contribution in [0.4, 0.5) is 11.8 Å². The van der Waals surface area contributed by atoms with E-state index in [0.717, 1.165) is 49.4 Å². The van der Waals surface area contributed by atoms with Crippen molar-refractivity contribution in [3.05, 3.63) is 10.7 Å². The summed E-state index contributed by atoms with van der Waals surface area (Å²) in [6.45, 7) is 5.86. The summed E-state index contributed by atoms with van der Waals surface area (Å²) in [6, 6.07) is 0. The zero-order valence-electron chi connectivity index (χ0n) is 11.5. The van der Waals surface area contributed by atoms with Gasteiger partial charge in [0.25, 0.3) is 0 Å². The highest BCUT2D eigenvalue weighted by atomic mass is 79.9. The topological polar surface area (TPSA) is 50.3 Å². The third kappa shape index (κ3) is 3.79. The molecule has 1 unspecified atom stereocenters. The van der Waals surface area contributed by atoms with E-state index in [-0.39, 0.29) is 0 Å². The maximum Gasteiger partial charge on any atom is 0.224 e. The summed E-state index contributed by atoms with van der Waals surface area (Å²) in [6.07, 6.45) is 4.04. The Kier molecular flexibility index (Phi) is 5.39. The summed E-state index contributed by atoms with van der Waals surface area (Å²) in [5, 5.41) is 3.23. The second kappa shape index (κ2) is 7.05. The molecule has 5 nitrogen and oxygen atoms in total. The third-order valence-corrected chi connectivity index (χ3v) is 3.81. The molecular weight excluding hydrogens is 308 g/mol. The first-order valence-corrected chi connectivity index (χ1v) is 7.54. The van der Waals surface area contributed by atoms with E-state index in [0.29, 0.717) is 11.9 Å². The fourth-order valence-electron chi connectivity index (χ4n) is 2.30. The van der Waals surface area contributed by atoms with E-state index in [9.17, 15) is 0 Å². The highest BCUT2D eigenvalue weighted by Crippen LogP contribution is 2.29. The molecule has 1 aromatic heterocycles. The molecule has 106 valence electrons. The predicted octanol–water partition coefficient (Wildman–Crippen LogP) is 2.53. The molecule has 1 aliphatic heterocycles. The lowest BCUT2D eigenvalue weighted by atomic mass is 10.1. The zero-order valence-corrected chi connectivity index (χ0v) is 13.1. The van der Waals surface area contributed by atoms with Gasteiger partial charge in [-0.1, -0.05) is 6.92 Å². The van der Waals surface area contributed by atoms with Crippen molar-refractivity contribution < 1.29 is 4.74 Å². The van der Waals surface area contributed by atoms with Crippen molar-refractivity contribution in [1.29, 1.82) is 0 Å². The summed E-state index contributed by atoms with van der Waals surface area (Å²) >= 11 is 3.54. The molecule has 2 heterocycles. The summed E-state index contributed by atoms with van der Waals surface area (Å²) in [5.74, 6) is 2.28. The molecule has 1 aromatic rings. The van der Waals surface area contributed by atoms with Crippen LogP contribution in [0.3, 0.4) is 0 Å². The van der Waals surface area contributed by atoms with E-state index >= 15 is 0 Å². The molecule has 1 fully saturated rings. The quantitative estimate of drug-likeness (QED) is 0.869. The number of halogens is 1. The van der Waals surface area contributed by atoms with Gasteiger partial charge in [0.05, 0.1) is 11.1 Å². The van der Waals surface area contributed by atoms with Crippen LogP contribution in [-0.2, 0) is 4.74 Å². The molecule has 1 atom stereocenters. The first-order valence-electron chi connectivity index (χ1n) is 6.75. The summed E-state index contributed by atoms with van der Waals surface area (Å²) < 4.78 is 6.19. The monoisotopic (exact) mass is 328 g/mol. The molecule has 1 saturated heterocycles. The smallest absolute Gasteiger partial charge is 0.224 e. The average Bonchev–Trinajstić information content (AvgIpc) is 2.87. The maximum absolute atomic E-state index is 5.23. The van der Waals surface area contributed by atoms with Crippen molar-refractivity contribution in [1.82, 2.24) is 9.97 Å². The van der Waals surface area contributed by atoms with Gasteiger partial charge in [-0.05, 0) is 28.8 Å². The Morgan fingerprint density at radius 3 is 3.16 bits per heavy atom. The lowest BCUT2D eigenvalue weighted by molar-refractivity contribution is 0.161. The lowest BCUT2D eigenvalue weighted by Gasteiger charge is -2.19. The second-order valence-corrected chi connectivity index (χ2v) is 5.70. The van der Waals surface area contributed by atoms with Crippen molar-refractivity contribution >= 4 is 27.7 Å². The molecule has 0 saturated carbocycles. The molecule has 1 N–H and O–H groups in total. The van der Waals surface area contributed by atoms with E-state index in [1.165, 1.54) is 0 Å². The van der Waals surface area contributed by atoms with Crippen molar-refractivity contribution in [3.8, 4) is 0 Å². The highest BCUT2D eigenvalue weighted by Gasteiger charge is 2.25. The number of ether oxygens (including phenoxy) is 1. The molecule has 0 spiro atoms. The fraction of sp³-hybridized carbons (Fsp3) is 0.692. The molecule has 0 radical (unpaired) electrons. The van der Waals surface area contributed by atoms with Gasteiger partial charge >= 0.3 is 0 Å². The number of hydrogen-bond acceptors (Lipinski definition) is 5. The van der Waals surface area contributed by atoms with Crippen LogP contribution in [0.25, 0.3) is 0 Å². The minimum atomic E-state index is 0.596. The largest absolute Gasteiger partial charge is 0.384 e. The van der Waals surface area contributed by atoms with Crippen molar-refractivity contribution in [2.45, 2.75) is 19.8 Å². The number of anilines is 2. The van der Waals surface area contributed by atoms with Gasteiger partial charge in [-0.25, -0.2) is 4.98 Å². The van der Waals surface area contributed by atoms with Crippen molar-refractivity contribution in [3.63, 3.8) is 0 Å². The van der Waals surface area contributed by atoms with Gasteiger partial charge in [-0.3, -0.25) is 0 Å². The molecule has 0 aliphatic carbocycles. The fourth-order valence-corrected chi connectivity index (χ4v) is 2.74. The molecule has 2 rings (SSSR count). The van der Waals surface area contributed by atoms with E-state index in [1.807, 2.05) is 6.20 Å². The molecule has 0 amide bonds. The second-order valence-electron chi connectivity index (χ2n) is 4.85. The Balaban J connectivity index is 2.06. The van der Waals surface area contributed by atoms with Crippen molar-refractivity contribution in [2.75, 3.05) is 43.6 Å². The van der Waals surface area contributed by atoms with E-state index in [4.69, 9.17) is 4.74 Å². The van der Waals surface area contributed by atoms with Gasteiger partial charge in [-0.15, -0.1) is 0 Å².